The summed E-state index contributed by atoms with van der Waals surface area (Å²) in [5.41, 5.74) is 8.95. The first kappa shape index (κ1) is 57.0. The fourth-order valence-electron chi connectivity index (χ4n) is 2.46. The van der Waals surface area contributed by atoms with Gasteiger partial charge in [0.1, 0.15) is 23.3 Å². The van der Waals surface area contributed by atoms with Crippen molar-refractivity contribution in [3.05, 3.63) is 27.3 Å². The number of nitrogens with zero attached hydrogens (tertiary/aromatic N) is 5. The smallest absolute Gasteiger partial charge is 0.408 e. The summed E-state index contributed by atoms with van der Waals surface area (Å²) in [4.78, 5) is 58.5. The van der Waals surface area contributed by atoms with Crippen molar-refractivity contribution >= 4 is 113 Å². The van der Waals surface area contributed by atoms with Crippen LogP contribution in [0.5, 0.6) is 0 Å². The van der Waals surface area contributed by atoms with E-state index in [2.05, 4.69) is 30.4 Å². The van der Waals surface area contributed by atoms with Crippen molar-refractivity contribution in [2.75, 3.05) is 0 Å². The third kappa shape index (κ3) is 33.4. The lowest BCUT2D eigenvalue weighted by molar-refractivity contribution is -0.123. The molecule has 22 heteroatoms. The lowest BCUT2D eigenvalue weighted by Gasteiger charge is -2.23. The maximum absolute atomic E-state index is 11.5. The molecule has 0 bridgehead atoms. The fourth-order valence-corrected chi connectivity index (χ4v) is 3.07. The van der Waals surface area contributed by atoms with Gasteiger partial charge in [-0.3, -0.25) is 9.59 Å². The van der Waals surface area contributed by atoms with E-state index < -0.39 is 53.2 Å². The van der Waals surface area contributed by atoms with Crippen LogP contribution in [0.1, 0.15) is 68.2 Å². The molecule has 15 nitrogen and oxygen atoms in total. The van der Waals surface area contributed by atoms with Gasteiger partial charge in [-0.25, -0.2) is 16.2 Å². The molecule has 4 amide bonds. The Hall–Kier alpha value is -2.26. The predicted octanol–water partition coefficient (Wildman–Crippen LogP) is 4.26. The zero-order chi connectivity index (χ0) is 34.1. The highest BCUT2D eigenvalue weighted by Crippen LogP contribution is 2.11. The molecule has 0 fully saturated rings. The largest absolute Gasteiger partial charge is 0.444 e. The summed E-state index contributed by atoms with van der Waals surface area (Å²) in [6, 6.07) is -0.0288. The van der Waals surface area contributed by atoms with E-state index in [4.69, 9.17) is 67.6 Å². The number of rotatable bonds is 8. The van der Waals surface area contributed by atoms with Gasteiger partial charge in [0.2, 0.25) is 33.7 Å². The third-order valence-electron chi connectivity index (χ3n) is 4.31. The lowest BCUT2D eigenvalue weighted by atomic mass is 10.0. The Morgan fingerprint density at radius 1 is 0.809 bits per heavy atom. The maximum atomic E-state index is 11.5. The number of carbonyl (C=O) groups excluding carboxylic acids is 4. The molecule has 0 radical (unpaired) electrons. The molecule has 0 aliphatic heterocycles. The van der Waals surface area contributed by atoms with Gasteiger partial charge < -0.3 is 36.4 Å². The number of amides is 4. The van der Waals surface area contributed by atoms with Crippen LogP contribution in [0.3, 0.4) is 0 Å². The Morgan fingerprint density at radius 3 is 1.45 bits per heavy atom. The van der Waals surface area contributed by atoms with E-state index in [1.165, 1.54) is 0 Å². The highest BCUT2D eigenvalue weighted by atomic mass is 35.5. The number of halogens is 3. The molecule has 1 aromatic heterocycles. The number of carbonyl (C=O) groups is 4. The van der Waals surface area contributed by atoms with E-state index in [0.717, 1.165) is 0 Å². The lowest BCUT2D eigenvalue weighted by Crippen LogP contribution is -2.48. The van der Waals surface area contributed by atoms with Crippen LogP contribution in [0.15, 0.2) is 0 Å². The molecule has 6 N–H and O–H groups in total. The van der Waals surface area contributed by atoms with E-state index >= 15 is 0 Å². The Bertz CT molecular complexity index is 1150. The van der Waals surface area contributed by atoms with Crippen molar-refractivity contribution in [3.63, 3.8) is 0 Å². The summed E-state index contributed by atoms with van der Waals surface area (Å²) in [7, 11) is 0. The second kappa shape index (κ2) is 27.7. The summed E-state index contributed by atoms with van der Waals surface area (Å²) < 4.78 is 9.99. The molecule has 272 valence electrons. The standard InChI is InChI=1S/C11H21N3O4.C11H17N3O2.C3Cl3N3.4H2S/c1-6(8(12)15)5-7(9(13)16)14-10(17)18-11(2,3)4;1-8(13-5)6-9(7-12)14-10(15)16-11(2,3)4;4-1-7-2(5)9-3(6)8-1;;;;/h6-7H,5H2,1-4H3,(H2,12,15)(H2,13,16)(H,14,17);8-9H,6H2,1-4H3,(H,14,15);;4*1H2/t6-,7-;8-,9-;;;;;/m00...../s1. The van der Waals surface area contributed by atoms with Crippen molar-refractivity contribution in [1.82, 2.24) is 25.6 Å². The number of ether oxygens (including phenoxy) is 2. The molecule has 0 unspecified atom stereocenters. The van der Waals surface area contributed by atoms with E-state index in [1.807, 2.05) is 6.07 Å². The Kier molecular flexibility index (Phi) is 33.6. The van der Waals surface area contributed by atoms with Crippen LogP contribution in [0.2, 0.25) is 15.9 Å². The minimum atomic E-state index is -0.984. The van der Waals surface area contributed by atoms with Crippen molar-refractivity contribution in [2.24, 2.45) is 17.4 Å². The van der Waals surface area contributed by atoms with Crippen molar-refractivity contribution in [2.45, 2.75) is 97.6 Å². The number of alkyl carbamates (subject to hydrolysis) is 2. The van der Waals surface area contributed by atoms with Gasteiger partial charge in [0.25, 0.3) is 0 Å². The normalized spacial score (nSPS) is 12.2. The van der Waals surface area contributed by atoms with Gasteiger partial charge in [-0.05, 0) is 82.8 Å². The summed E-state index contributed by atoms with van der Waals surface area (Å²) in [5.74, 6) is -1.88. The molecule has 0 aliphatic rings. The van der Waals surface area contributed by atoms with Gasteiger partial charge in [-0.2, -0.15) is 74.2 Å². The number of hydrogen-bond acceptors (Lipinski definition) is 10. The highest BCUT2D eigenvalue weighted by molar-refractivity contribution is 7.59. The number of nitrogens with one attached hydrogen (secondary N) is 2. The van der Waals surface area contributed by atoms with E-state index in [9.17, 15) is 19.2 Å². The predicted molar refractivity (Wildman–Crippen MR) is 201 cm³/mol. The van der Waals surface area contributed by atoms with E-state index in [0.29, 0.717) is 6.42 Å². The zero-order valence-electron chi connectivity index (χ0n) is 27.2. The number of aromatic nitrogens is 3. The molecule has 0 spiro atoms. The van der Waals surface area contributed by atoms with Crippen molar-refractivity contribution < 1.29 is 28.7 Å². The molecule has 1 aromatic rings. The van der Waals surface area contributed by atoms with Gasteiger partial charge in [0.15, 0.2) is 0 Å². The van der Waals surface area contributed by atoms with Crippen molar-refractivity contribution in [1.29, 1.82) is 5.26 Å². The van der Waals surface area contributed by atoms with E-state index in [1.54, 1.807) is 55.4 Å². The first-order chi connectivity index (χ1) is 19.5. The minimum Gasteiger partial charge on any atom is -0.444 e. The maximum Gasteiger partial charge on any atom is 0.408 e. The minimum absolute atomic E-state index is 0. The summed E-state index contributed by atoms with van der Waals surface area (Å²) in [6.07, 6.45) is -1.04. The van der Waals surface area contributed by atoms with Crippen LogP contribution in [0.4, 0.5) is 9.59 Å². The van der Waals surface area contributed by atoms with Crippen LogP contribution in [-0.2, 0) is 19.1 Å². The van der Waals surface area contributed by atoms with Crippen LogP contribution in [0, 0.1) is 23.8 Å². The molecular weight excluding hydrogens is 757 g/mol. The second-order valence-corrected chi connectivity index (χ2v) is 11.8. The SMILES string of the molecule is C[C@@H](C[C@H](NC(=O)OC(C)(C)C)C(N)=O)C(N)=O.Clc1nc(Cl)nc(Cl)n1.S.S.S.S.[C-]#[N+][C@@H](C)C[C@@H](C#N)NC(=O)OC(C)(C)C. The number of nitrogens with two attached hydrogens (primary N) is 2. The van der Waals surface area contributed by atoms with E-state index in [-0.39, 0.29) is 82.3 Å². The first-order valence-electron chi connectivity index (χ1n) is 12.6. The van der Waals surface area contributed by atoms with Crippen LogP contribution >= 0.6 is 88.8 Å². The average Bonchev–Trinajstić information content (AvgIpc) is 2.80. The molecule has 1 rings (SSSR count). The van der Waals surface area contributed by atoms with Gasteiger partial charge in [-0.1, -0.05) is 6.92 Å². The number of primary amides is 2. The number of nitriles is 1. The zero-order valence-corrected chi connectivity index (χ0v) is 33.5. The Labute approximate surface area is 318 Å². The fraction of sp³-hybridized carbons (Fsp3) is 0.640. The molecule has 0 aromatic carbocycles. The topological polar surface area (TPSA) is 230 Å². The first-order valence-corrected chi connectivity index (χ1v) is 13.7. The number of hydrogen-bond donors (Lipinski definition) is 4. The van der Waals surface area contributed by atoms with Gasteiger partial charge >= 0.3 is 12.2 Å². The highest BCUT2D eigenvalue weighted by Gasteiger charge is 2.26. The molecule has 4 atom stereocenters. The van der Waals surface area contributed by atoms with Crippen LogP contribution < -0.4 is 22.1 Å². The summed E-state index contributed by atoms with van der Waals surface area (Å²) in [5, 5.41) is 13.5. The Morgan fingerprint density at radius 2 is 1.17 bits per heavy atom. The van der Waals surface area contributed by atoms with Crippen LogP contribution in [0.25, 0.3) is 4.85 Å². The van der Waals surface area contributed by atoms with Gasteiger partial charge in [0.05, 0.1) is 12.5 Å². The molecule has 1 heterocycles. The summed E-state index contributed by atoms with van der Waals surface area (Å²) in [6.45, 7) is 20.3. The molecule has 0 aliphatic carbocycles. The quantitative estimate of drug-likeness (QED) is 0.273. The summed E-state index contributed by atoms with van der Waals surface area (Å²) >= 11 is 16.0. The van der Waals surface area contributed by atoms with Gasteiger partial charge in [0, 0.05) is 12.8 Å². The Balaban J connectivity index is -0.000000134. The molecule has 0 saturated heterocycles. The van der Waals surface area contributed by atoms with Crippen molar-refractivity contribution in [3.8, 4) is 6.07 Å². The van der Waals surface area contributed by atoms with Crippen LogP contribution in [-0.4, -0.2) is 68.3 Å². The third-order valence-corrected chi connectivity index (χ3v) is 4.81. The molecule has 0 saturated carbocycles. The molecular formula is C25H46Cl3N9O6S4. The molecule has 47 heavy (non-hydrogen) atoms. The average molecular weight is 803 g/mol. The monoisotopic (exact) mass is 801 g/mol. The van der Waals surface area contributed by atoms with Gasteiger partial charge in [-0.15, -0.1) is 0 Å². The second-order valence-electron chi connectivity index (χ2n) is 10.8.